The molecule has 0 aromatic carbocycles. The lowest BCUT2D eigenvalue weighted by Gasteiger charge is -2.43. The maximum Gasteiger partial charge on any atom is 0.286 e. The molecule has 0 unspecified atom stereocenters. The summed E-state index contributed by atoms with van der Waals surface area (Å²) in [5, 5.41) is 11.8. The molecule has 1 saturated carbocycles. The predicted octanol–water partition coefficient (Wildman–Crippen LogP) is 1.82. The second-order valence-corrected chi connectivity index (χ2v) is 6.16. The summed E-state index contributed by atoms with van der Waals surface area (Å²) in [5.74, 6) is 3.43. The highest BCUT2D eigenvalue weighted by atomic mass is 16.7. The highest BCUT2D eigenvalue weighted by Gasteiger charge is 2.41. The number of carbonyl (C=O) groups is 1. The van der Waals surface area contributed by atoms with E-state index in [9.17, 15) is 4.79 Å². The zero-order chi connectivity index (χ0) is 16.7. The van der Waals surface area contributed by atoms with Gasteiger partial charge in [0.2, 0.25) is 6.29 Å². The van der Waals surface area contributed by atoms with Gasteiger partial charge < -0.3 is 19.9 Å². The highest BCUT2D eigenvalue weighted by molar-refractivity contribution is 5.91. The third-order valence-corrected chi connectivity index (χ3v) is 4.73. The molecule has 128 valence electrons. The summed E-state index contributed by atoms with van der Waals surface area (Å²) < 4.78 is 11.6. The van der Waals surface area contributed by atoms with Gasteiger partial charge >= 0.3 is 0 Å². The van der Waals surface area contributed by atoms with E-state index in [1.54, 1.807) is 0 Å². The molecule has 1 heterocycles. The quantitative estimate of drug-likeness (QED) is 0.669. The topological polar surface area (TPSA) is 67.8 Å². The van der Waals surface area contributed by atoms with Gasteiger partial charge in [0, 0.05) is 19.1 Å². The number of aliphatic hydroxyl groups is 1. The maximum absolute atomic E-state index is 12.2. The molecule has 2 aliphatic rings. The van der Waals surface area contributed by atoms with Crippen molar-refractivity contribution >= 4 is 5.91 Å². The van der Waals surface area contributed by atoms with Crippen molar-refractivity contribution in [3.63, 3.8) is 0 Å². The second kappa shape index (κ2) is 8.95. The van der Waals surface area contributed by atoms with Gasteiger partial charge in [0.15, 0.2) is 5.76 Å². The number of carbonyl (C=O) groups excluding carboxylic acids is 1. The van der Waals surface area contributed by atoms with Gasteiger partial charge in [0.25, 0.3) is 5.91 Å². The molecule has 2 rings (SSSR count). The van der Waals surface area contributed by atoms with Crippen LogP contribution in [0.5, 0.6) is 0 Å². The Morgan fingerprint density at radius 3 is 2.91 bits per heavy atom. The van der Waals surface area contributed by atoms with Crippen LogP contribution in [0.25, 0.3) is 0 Å². The number of nitrogens with one attached hydrogen (secondary N) is 1. The van der Waals surface area contributed by atoms with Crippen LogP contribution in [-0.4, -0.2) is 37.1 Å². The van der Waals surface area contributed by atoms with E-state index in [1.165, 1.54) is 19.3 Å². The van der Waals surface area contributed by atoms with Crippen LogP contribution in [0.1, 0.15) is 39.0 Å². The summed E-state index contributed by atoms with van der Waals surface area (Å²) in [6.07, 6.45) is 11.8. The van der Waals surface area contributed by atoms with Gasteiger partial charge in [-0.3, -0.25) is 4.79 Å². The first-order chi connectivity index (χ1) is 11.2. The molecule has 1 amide bonds. The third kappa shape index (κ3) is 4.49. The largest absolute Gasteiger partial charge is 0.459 e. The monoisotopic (exact) mass is 321 g/mol. The molecule has 5 nitrogen and oxygen atoms in total. The molecular weight excluding hydrogens is 294 g/mol. The van der Waals surface area contributed by atoms with Gasteiger partial charge in [-0.2, -0.15) is 0 Å². The summed E-state index contributed by atoms with van der Waals surface area (Å²) in [6.45, 7) is 2.78. The third-order valence-electron chi connectivity index (χ3n) is 4.73. The van der Waals surface area contributed by atoms with E-state index < -0.39 is 6.29 Å². The lowest BCUT2D eigenvalue weighted by atomic mass is 9.68. The Balaban J connectivity index is 2.18. The second-order valence-electron chi connectivity index (χ2n) is 6.16. The van der Waals surface area contributed by atoms with Gasteiger partial charge in [-0.25, -0.2) is 0 Å². The van der Waals surface area contributed by atoms with Crippen LogP contribution < -0.4 is 5.32 Å². The van der Waals surface area contributed by atoms with Crippen molar-refractivity contribution in [3.8, 4) is 12.3 Å². The minimum absolute atomic E-state index is 0.159. The standard InChI is InChI=1S/C18H27NO4/c1-3-10-19-17(21)16-12-15(13-7-5-8-13)14(9-6-11-20)18(23-16)22-4-2/h1,12-15,18,20H,4-11H2,2H3,(H,19,21)/t14-,15+,18+/m1/s1. The molecule has 1 aliphatic carbocycles. The fourth-order valence-electron chi connectivity index (χ4n) is 3.37. The summed E-state index contributed by atoms with van der Waals surface area (Å²) in [5.41, 5.74) is 0. The number of allylic oxidation sites excluding steroid dienone is 1. The van der Waals surface area contributed by atoms with Crippen LogP contribution >= 0.6 is 0 Å². The van der Waals surface area contributed by atoms with Crippen LogP contribution in [-0.2, 0) is 14.3 Å². The smallest absolute Gasteiger partial charge is 0.286 e. The Morgan fingerprint density at radius 2 is 2.35 bits per heavy atom. The number of rotatable bonds is 8. The Morgan fingerprint density at radius 1 is 1.57 bits per heavy atom. The Bertz CT molecular complexity index is 464. The van der Waals surface area contributed by atoms with Gasteiger partial charge in [0.1, 0.15) is 0 Å². The molecule has 3 atom stereocenters. The summed E-state index contributed by atoms with van der Waals surface area (Å²) >= 11 is 0. The van der Waals surface area contributed by atoms with E-state index in [0.717, 1.165) is 6.42 Å². The van der Waals surface area contributed by atoms with Gasteiger partial charge in [-0.05, 0) is 50.5 Å². The van der Waals surface area contributed by atoms with E-state index >= 15 is 0 Å². The van der Waals surface area contributed by atoms with Crippen molar-refractivity contribution in [2.75, 3.05) is 19.8 Å². The molecule has 0 saturated heterocycles. The normalized spacial score (nSPS) is 27.3. The molecule has 0 aromatic heterocycles. The number of amides is 1. The van der Waals surface area contributed by atoms with Crippen molar-refractivity contribution in [1.29, 1.82) is 0 Å². The lowest BCUT2D eigenvalue weighted by molar-refractivity contribution is -0.178. The number of terminal acetylenes is 1. The Hall–Kier alpha value is -1.51. The number of ether oxygens (including phenoxy) is 2. The average Bonchev–Trinajstić information content (AvgIpc) is 2.50. The Kier molecular flexibility index (Phi) is 6.94. The van der Waals surface area contributed by atoms with Crippen molar-refractivity contribution in [2.24, 2.45) is 17.8 Å². The van der Waals surface area contributed by atoms with Crippen LogP contribution in [0.2, 0.25) is 0 Å². The minimum Gasteiger partial charge on any atom is -0.459 e. The zero-order valence-electron chi connectivity index (χ0n) is 13.8. The van der Waals surface area contributed by atoms with Crippen LogP contribution in [0.15, 0.2) is 11.8 Å². The number of hydrogen-bond donors (Lipinski definition) is 2. The van der Waals surface area contributed by atoms with Crippen LogP contribution in [0.4, 0.5) is 0 Å². The Labute approximate surface area is 138 Å². The predicted molar refractivity (Wildman–Crippen MR) is 87.1 cm³/mol. The van der Waals surface area contributed by atoms with E-state index in [-0.39, 0.29) is 30.9 Å². The van der Waals surface area contributed by atoms with E-state index in [1.807, 2.05) is 13.0 Å². The minimum atomic E-state index is -0.436. The molecule has 0 bridgehead atoms. The van der Waals surface area contributed by atoms with Gasteiger partial charge in [-0.15, -0.1) is 6.42 Å². The molecule has 0 aromatic rings. The summed E-state index contributed by atoms with van der Waals surface area (Å²) in [7, 11) is 0. The molecular formula is C18H27NO4. The molecule has 0 radical (unpaired) electrons. The van der Waals surface area contributed by atoms with Crippen LogP contribution in [0, 0.1) is 30.1 Å². The first kappa shape index (κ1) is 17.8. The first-order valence-electron chi connectivity index (χ1n) is 8.53. The zero-order valence-corrected chi connectivity index (χ0v) is 13.8. The maximum atomic E-state index is 12.2. The molecule has 1 fully saturated rings. The molecule has 23 heavy (non-hydrogen) atoms. The van der Waals surface area contributed by atoms with Crippen molar-refractivity contribution in [1.82, 2.24) is 5.32 Å². The van der Waals surface area contributed by atoms with E-state index in [2.05, 4.69) is 11.2 Å². The molecule has 0 spiro atoms. The molecule has 5 heteroatoms. The SMILES string of the molecule is C#CCNC(=O)C1=C[C@@H](C2CCC2)[C@@H](CCCO)[C@@H](OCC)O1. The van der Waals surface area contributed by atoms with E-state index in [0.29, 0.717) is 24.7 Å². The summed E-state index contributed by atoms with van der Waals surface area (Å²) in [4.78, 5) is 12.2. The molecule has 2 N–H and O–H groups in total. The number of aliphatic hydroxyl groups excluding tert-OH is 1. The van der Waals surface area contributed by atoms with Crippen LogP contribution in [0.3, 0.4) is 0 Å². The van der Waals surface area contributed by atoms with Crippen molar-refractivity contribution in [3.05, 3.63) is 11.8 Å². The fraction of sp³-hybridized carbons (Fsp3) is 0.722. The highest BCUT2D eigenvalue weighted by Crippen LogP contribution is 2.44. The average molecular weight is 321 g/mol. The van der Waals surface area contributed by atoms with Gasteiger partial charge in [-0.1, -0.05) is 12.3 Å². The first-order valence-corrected chi connectivity index (χ1v) is 8.53. The van der Waals surface area contributed by atoms with Crippen molar-refractivity contribution in [2.45, 2.75) is 45.3 Å². The molecule has 1 aliphatic heterocycles. The lowest BCUT2D eigenvalue weighted by Crippen LogP contribution is -2.43. The number of hydrogen-bond acceptors (Lipinski definition) is 4. The summed E-state index contributed by atoms with van der Waals surface area (Å²) in [6, 6.07) is 0. The fourth-order valence-corrected chi connectivity index (χ4v) is 3.37. The van der Waals surface area contributed by atoms with Crippen molar-refractivity contribution < 1.29 is 19.4 Å². The van der Waals surface area contributed by atoms with E-state index in [4.69, 9.17) is 21.0 Å². The van der Waals surface area contributed by atoms with Gasteiger partial charge in [0.05, 0.1) is 6.54 Å².